The summed E-state index contributed by atoms with van der Waals surface area (Å²) in [5.74, 6) is -0.771. The first-order chi connectivity index (χ1) is 11.7. The molecule has 1 aromatic heterocycles. The number of anilines is 2. The van der Waals surface area contributed by atoms with Crippen molar-refractivity contribution in [3.63, 3.8) is 0 Å². The molecule has 3 N–H and O–H groups in total. The third-order valence-electron chi connectivity index (χ3n) is 4.38. The van der Waals surface area contributed by atoms with Gasteiger partial charge in [0.2, 0.25) is 0 Å². The van der Waals surface area contributed by atoms with Crippen molar-refractivity contribution >= 4 is 11.4 Å². The van der Waals surface area contributed by atoms with E-state index in [1.165, 1.54) is 18.3 Å². The normalized spacial score (nSPS) is 19.3. The zero-order valence-corrected chi connectivity index (χ0v) is 13.6. The van der Waals surface area contributed by atoms with E-state index in [-0.39, 0.29) is 28.5 Å². The lowest BCUT2D eigenvalue weighted by Crippen LogP contribution is -2.54. The van der Waals surface area contributed by atoms with Crippen LogP contribution in [-0.2, 0) is 5.41 Å². The average Bonchev–Trinajstić information content (AvgIpc) is 2.51. The Bertz CT molecular complexity index is 860. The molecule has 0 spiro atoms. The molecular formula is C17H17F4N3O. The Morgan fingerprint density at radius 3 is 2.56 bits per heavy atom. The van der Waals surface area contributed by atoms with Crippen LogP contribution in [0.2, 0.25) is 0 Å². The van der Waals surface area contributed by atoms with Gasteiger partial charge in [-0.05, 0) is 29.8 Å². The van der Waals surface area contributed by atoms with Gasteiger partial charge in [0.15, 0.2) is 0 Å². The molecule has 134 valence electrons. The Morgan fingerprint density at radius 1 is 1.20 bits per heavy atom. The standard InChI is InChI=1S/C17H17F4N3O/c1-9(2)23-8-16(17(19,20)21)11-5-6-22-15(25)14(11)24-13-4-3-10(18)7-12(13)16/h3-7,9,23-24H,8H2,1-2H3,(H,22,25). The Kier molecular flexibility index (Phi) is 4.10. The summed E-state index contributed by atoms with van der Waals surface area (Å²) >= 11 is 0. The molecule has 1 atom stereocenters. The summed E-state index contributed by atoms with van der Waals surface area (Å²) in [6.07, 6.45) is -3.58. The third kappa shape index (κ3) is 2.70. The van der Waals surface area contributed by atoms with E-state index in [4.69, 9.17) is 0 Å². The van der Waals surface area contributed by atoms with E-state index in [1.807, 2.05) is 0 Å². The van der Waals surface area contributed by atoms with Crippen LogP contribution in [0.5, 0.6) is 0 Å². The van der Waals surface area contributed by atoms with Crippen molar-refractivity contribution in [3.05, 3.63) is 57.8 Å². The number of hydrogen-bond donors (Lipinski definition) is 3. The maximum Gasteiger partial charge on any atom is 0.403 e. The van der Waals surface area contributed by atoms with Gasteiger partial charge in [0.25, 0.3) is 5.56 Å². The Hall–Kier alpha value is -2.35. The molecule has 0 saturated carbocycles. The summed E-state index contributed by atoms with van der Waals surface area (Å²) < 4.78 is 56.9. The first kappa shape index (κ1) is 17.5. The van der Waals surface area contributed by atoms with E-state index in [9.17, 15) is 22.4 Å². The van der Waals surface area contributed by atoms with Gasteiger partial charge in [-0.3, -0.25) is 4.79 Å². The molecule has 8 heteroatoms. The number of H-pyrrole nitrogens is 1. The van der Waals surface area contributed by atoms with Crippen LogP contribution < -0.4 is 16.2 Å². The van der Waals surface area contributed by atoms with Crippen molar-refractivity contribution in [1.29, 1.82) is 0 Å². The zero-order chi connectivity index (χ0) is 18.4. The lowest BCUT2D eigenvalue weighted by Gasteiger charge is -2.42. The molecule has 2 heterocycles. The molecule has 0 saturated heterocycles. The van der Waals surface area contributed by atoms with Gasteiger partial charge in [-0.15, -0.1) is 0 Å². The van der Waals surface area contributed by atoms with Crippen LogP contribution >= 0.6 is 0 Å². The fraction of sp³-hybridized carbons (Fsp3) is 0.353. The molecule has 4 nitrogen and oxygen atoms in total. The number of pyridine rings is 1. The summed E-state index contributed by atoms with van der Waals surface area (Å²) in [5.41, 5.74) is -3.78. The molecule has 0 radical (unpaired) electrons. The second kappa shape index (κ2) is 5.87. The number of nitrogens with one attached hydrogen (secondary N) is 3. The summed E-state index contributed by atoms with van der Waals surface area (Å²) in [7, 11) is 0. The molecule has 1 aliphatic rings. The van der Waals surface area contributed by atoms with E-state index >= 15 is 0 Å². The highest BCUT2D eigenvalue weighted by atomic mass is 19.4. The van der Waals surface area contributed by atoms with Crippen LogP contribution in [0.15, 0.2) is 35.3 Å². The van der Waals surface area contributed by atoms with E-state index in [0.29, 0.717) is 0 Å². The minimum Gasteiger partial charge on any atom is -0.351 e. The molecule has 2 aromatic rings. The summed E-state index contributed by atoms with van der Waals surface area (Å²) in [4.78, 5) is 14.5. The molecule has 25 heavy (non-hydrogen) atoms. The quantitative estimate of drug-likeness (QED) is 0.740. The molecule has 0 aliphatic carbocycles. The van der Waals surface area contributed by atoms with Crippen LogP contribution in [0.3, 0.4) is 0 Å². The number of aromatic nitrogens is 1. The summed E-state index contributed by atoms with van der Waals surface area (Å²) in [5, 5.41) is 5.51. The fourth-order valence-corrected chi connectivity index (χ4v) is 3.17. The minimum absolute atomic E-state index is 0.0634. The molecule has 1 aliphatic heterocycles. The van der Waals surface area contributed by atoms with Crippen LogP contribution in [0, 0.1) is 5.82 Å². The highest BCUT2D eigenvalue weighted by molar-refractivity contribution is 5.76. The zero-order valence-electron chi connectivity index (χ0n) is 13.6. The lowest BCUT2D eigenvalue weighted by atomic mass is 9.70. The van der Waals surface area contributed by atoms with Gasteiger partial charge in [0.05, 0.1) is 0 Å². The summed E-state index contributed by atoms with van der Waals surface area (Å²) in [6, 6.07) is 4.15. The monoisotopic (exact) mass is 355 g/mol. The van der Waals surface area contributed by atoms with Crippen LogP contribution in [-0.4, -0.2) is 23.7 Å². The van der Waals surface area contributed by atoms with E-state index < -0.39 is 29.5 Å². The van der Waals surface area contributed by atoms with Gasteiger partial charge < -0.3 is 15.6 Å². The van der Waals surface area contributed by atoms with Gasteiger partial charge in [-0.1, -0.05) is 13.8 Å². The Balaban J connectivity index is 2.37. The fourth-order valence-electron chi connectivity index (χ4n) is 3.17. The smallest absolute Gasteiger partial charge is 0.351 e. The largest absolute Gasteiger partial charge is 0.403 e. The first-order valence-corrected chi connectivity index (χ1v) is 7.76. The second-order valence-corrected chi connectivity index (χ2v) is 6.35. The number of hydrogen-bond acceptors (Lipinski definition) is 3. The Labute approximate surface area is 141 Å². The van der Waals surface area contributed by atoms with Crippen LogP contribution in [0.4, 0.5) is 28.9 Å². The SMILES string of the molecule is CC(C)NCC1(C(F)(F)F)c2cc(F)ccc2Nc2c1cc[nH]c2=O. The molecule has 3 rings (SSSR count). The molecule has 1 unspecified atom stereocenters. The van der Waals surface area contributed by atoms with Crippen molar-refractivity contribution in [2.75, 3.05) is 11.9 Å². The number of alkyl halides is 3. The molecule has 0 fully saturated rings. The lowest BCUT2D eigenvalue weighted by molar-refractivity contribution is -0.177. The number of fused-ring (bicyclic) bond motifs is 2. The number of rotatable bonds is 3. The van der Waals surface area contributed by atoms with E-state index in [0.717, 1.165) is 12.1 Å². The van der Waals surface area contributed by atoms with E-state index in [1.54, 1.807) is 13.8 Å². The van der Waals surface area contributed by atoms with Gasteiger partial charge >= 0.3 is 6.18 Å². The molecule has 0 amide bonds. The summed E-state index contributed by atoms with van der Waals surface area (Å²) in [6.45, 7) is 2.93. The topological polar surface area (TPSA) is 56.9 Å². The van der Waals surface area contributed by atoms with Gasteiger partial charge in [0.1, 0.15) is 16.9 Å². The van der Waals surface area contributed by atoms with Crippen LogP contribution in [0.25, 0.3) is 0 Å². The van der Waals surface area contributed by atoms with E-state index in [2.05, 4.69) is 15.6 Å². The first-order valence-electron chi connectivity index (χ1n) is 7.76. The number of halogens is 4. The second-order valence-electron chi connectivity index (χ2n) is 6.35. The predicted octanol–water partition coefficient (Wildman–Crippen LogP) is 3.42. The molecule has 1 aromatic carbocycles. The highest BCUT2D eigenvalue weighted by Gasteiger charge is 2.60. The highest BCUT2D eigenvalue weighted by Crippen LogP contribution is 2.53. The van der Waals surface area contributed by atoms with Gasteiger partial charge in [0, 0.05) is 30.0 Å². The maximum absolute atomic E-state index is 14.4. The maximum atomic E-state index is 14.4. The van der Waals surface area contributed by atoms with Crippen LogP contribution in [0.1, 0.15) is 25.0 Å². The predicted molar refractivity (Wildman–Crippen MR) is 86.7 cm³/mol. The van der Waals surface area contributed by atoms with Crippen molar-refractivity contribution < 1.29 is 17.6 Å². The third-order valence-corrected chi connectivity index (χ3v) is 4.38. The molecule has 0 bridgehead atoms. The van der Waals surface area contributed by atoms with Gasteiger partial charge in [-0.2, -0.15) is 13.2 Å². The average molecular weight is 355 g/mol. The van der Waals surface area contributed by atoms with Crippen molar-refractivity contribution in [2.45, 2.75) is 31.5 Å². The molecular weight excluding hydrogens is 338 g/mol. The van der Waals surface area contributed by atoms with Crippen molar-refractivity contribution in [2.24, 2.45) is 0 Å². The Morgan fingerprint density at radius 2 is 1.92 bits per heavy atom. The van der Waals surface area contributed by atoms with Crippen molar-refractivity contribution in [1.82, 2.24) is 10.3 Å². The van der Waals surface area contributed by atoms with Gasteiger partial charge in [-0.25, -0.2) is 4.39 Å². The number of aromatic amines is 1. The minimum atomic E-state index is -4.75. The number of benzene rings is 1. The van der Waals surface area contributed by atoms with Crippen molar-refractivity contribution in [3.8, 4) is 0 Å².